The minimum Gasteiger partial charge on any atom is -0.339 e. The number of nitrogens with zero attached hydrogens (tertiary/aromatic N) is 1. The van der Waals surface area contributed by atoms with Crippen molar-refractivity contribution in [3.05, 3.63) is 64.7 Å². The molecule has 1 aliphatic rings. The standard InChI is InChI=1S/C20H23ClN2O3S/c1-27(25,26)22-19-11-5-3-8-16(19)14-20(24)23-12-6-9-17(23)13-15-7-2-4-10-18(15)21/h2-5,7-8,10-11,17,22H,6,9,12-14H2,1H3. The summed E-state index contributed by atoms with van der Waals surface area (Å²) in [7, 11) is -3.40. The first-order valence-corrected chi connectivity index (χ1v) is 11.2. The van der Waals surface area contributed by atoms with Crippen LogP contribution in [0.15, 0.2) is 48.5 Å². The van der Waals surface area contributed by atoms with E-state index in [0.717, 1.165) is 42.6 Å². The number of anilines is 1. The van der Waals surface area contributed by atoms with Crippen molar-refractivity contribution in [2.45, 2.75) is 31.7 Å². The highest BCUT2D eigenvalue weighted by molar-refractivity contribution is 7.92. The van der Waals surface area contributed by atoms with Gasteiger partial charge in [-0.05, 0) is 42.5 Å². The summed E-state index contributed by atoms with van der Waals surface area (Å²) in [6, 6.07) is 14.8. The van der Waals surface area contributed by atoms with Gasteiger partial charge in [-0.2, -0.15) is 0 Å². The number of rotatable bonds is 6. The molecular formula is C20H23ClN2O3S. The van der Waals surface area contributed by atoms with Crippen molar-refractivity contribution < 1.29 is 13.2 Å². The topological polar surface area (TPSA) is 66.5 Å². The normalized spacial score (nSPS) is 17.1. The first-order valence-electron chi connectivity index (χ1n) is 8.92. The first-order chi connectivity index (χ1) is 12.8. The van der Waals surface area contributed by atoms with Gasteiger partial charge in [-0.3, -0.25) is 9.52 Å². The smallest absolute Gasteiger partial charge is 0.229 e. The molecule has 1 saturated heterocycles. The van der Waals surface area contributed by atoms with Gasteiger partial charge < -0.3 is 4.90 Å². The Morgan fingerprint density at radius 1 is 1.15 bits per heavy atom. The van der Waals surface area contributed by atoms with Crippen LogP contribution in [0.1, 0.15) is 24.0 Å². The lowest BCUT2D eigenvalue weighted by Crippen LogP contribution is -2.38. The quantitative estimate of drug-likeness (QED) is 0.798. The van der Waals surface area contributed by atoms with E-state index in [1.165, 1.54) is 0 Å². The molecule has 27 heavy (non-hydrogen) atoms. The maximum Gasteiger partial charge on any atom is 0.229 e. The van der Waals surface area contributed by atoms with Crippen LogP contribution in [0, 0.1) is 0 Å². The lowest BCUT2D eigenvalue weighted by molar-refractivity contribution is -0.131. The highest BCUT2D eigenvalue weighted by Gasteiger charge is 2.29. The van der Waals surface area contributed by atoms with Gasteiger partial charge in [-0.15, -0.1) is 0 Å². The van der Waals surface area contributed by atoms with Gasteiger partial charge in [0.15, 0.2) is 0 Å². The minimum atomic E-state index is -3.40. The van der Waals surface area contributed by atoms with E-state index in [0.29, 0.717) is 11.3 Å². The molecule has 1 heterocycles. The molecule has 0 aliphatic carbocycles. The fourth-order valence-corrected chi connectivity index (χ4v) is 4.34. The summed E-state index contributed by atoms with van der Waals surface area (Å²) in [5, 5.41) is 0.722. The van der Waals surface area contributed by atoms with E-state index < -0.39 is 10.0 Å². The van der Waals surface area contributed by atoms with E-state index in [-0.39, 0.29) is 18.4 Å². The Morgan fingerprint density at radius 3 is 2.52 bits per heavy atom. The maximum atomic E-state index is 12.9. The van der Waals surface area contributed by atoms with Crippen molar-refractivity contribution in [3.63, 3.8) is 0 Å². The Kier molecular flexibility index (Phi) is 6.07. The van der Waals surface area contributed by atoms with E-state index in [1.807, 2.05) is 29.2 Å². The summed E-state index contributed by atoms with van der Waals surface area (Å²) >= 11 is 6.27. The third-order valence-electron chi connectivity index (χ3n) is 4.77. The van der Waals surface area contributed by atoms with Crippen LogP contribution >= 0.6 is 11.6 Å². The largest absolute Gasteiger partial charge is 0.339 e. The van der Waals surface area contributed by atoms with E-state index in [9.17, 15) is 13.2 Å². The van der Waals surface area contributed by atoms with Gasteiger partial charge >= 0.3 is 0 Å². The van der Waals surface area contributed by atoms with Crippen LogP contribution in [-0.2, 0) is 27.7 Å². The number of para-hydroxylation sites is 1. The SMILES string of the molecule is CS(=O)(=O)Nc1ccccc1CC(=O)N1CCCC1Cc1ccccc1Cl. The van der Waals surface area contributed by atoms with Gasteiger partial charge in [0.05, 0.1) is 18.4 Å². The maximum absolute atomic E-state index is 12.9. The zero-order chi connectivity index (χ0) is 19.4. The third-order valence-corrected chi connectivity index (χ3v) is 5.72. The number of carbonyl (C=O) groups is 1. The number of hydrogen-bond donors (Lipinski definition) is 1. The van der Waals surface area contributed by atoms with Crippen LogP contribution < -0.4 is 4.72 Å². The molecule has 0 bridgehead atoms. The molecule has 1 atom stereocenters. The fourth-order valence-electron chi connectivity index (χ4n) is 3.53. The Morgan fingerprint density at radius 2 is 1.81 bits per heavy atom. The summed E-state index contributed by atoms with van der Waals surface area (Å²) < 4.78 is 25.6. The number of sulfonamides is 1. The zero-order valence-electron chi connectivity index (χ0n) is 15.2. The lowest BCUT2D eigenvalue weighted by Gasteiger charge is -2.25. The Labute approximate surface area is 165 Å². The van der Waals surface area contributed by atoms with Crippen molar-refractivity contribution in [2.24, 2.45) is 0 Å². The molecule has 1 unspecified atom stereocenters. The van der Waals surface area contributed by atoms with Gasteiger partial charge in [-0.25, -0.2) is 8.42 Å². The van der Waals surface area contributed by atoms with Crippen LogP contribution in [-0.4, -0.2) is 38.1 Å². The number of amides is 1. The molecule has 0 radical (unpaired) electrons. The second-order valence-electron chi connectivity index (χ2n) is 6.89. The van der Waals surface area contributed by atoms with Crippen LogP contribution in [0.5, 0.6) is 0 Å². The van der Waals surface area contributed by atoms with E-state index in [1.54, 1.807) is 24.3 Å². The fraction of sp³-hybridized carbons (Fsp3) is 0.350. The Balaban J connectivity index is 1.73. The Hall–Kier alpha value is -2.05. The molecule has 2 aromatic rings. The molecule has 144 valence electrons. The average Bonchev–Trinajstić information content (AvgIpc) is 3.06. The van der Waals surface area contributed by atoms with Gasteiger partial charge in [0, 0.05) is 17.6 Å². The van der Waals surface area contributed by atoms with Crippen molar-refractivity contribution in [1.29, 1.82) is 0 Å². The second-order valence-corrected chi connectivity index (χ2v) is 9.04. The summed E-state index contributed by atoms with van der Waals surface area (Å²) in [5.41, 5.74) is 2.18. The molecule has 1 aliphatic heterocycles. The number of benzene rings is 2. The number of halogens is 1. The molecule has 2 aromatic carbocycles. The van der Waals surface area contributed by atoms with Gasteiger partial charge in [0.25, 0.3) is 0 Å². The summed E-state index contributed by atoms with van der Waals surface area (Å²) in [5.74, 6) is 0.00676. The zero-order valence-corrected chi connectivity index (χ0v) is 16.8. The molecule has 3 rings (SSSR count). The minimum absolute atomic E-state index is 0.00676. The summed E-state index contributed by atoms with van der Waals surface area (Å²) in [6.07, 6.45) is 3.91. The summed E-state index contributed by atoms with van der Waals surface area (Å²) in [6.45, 7) is 0.718. The lowest BCUT2D eigenvalue weighted by atomic mass is 10.0. The van der Waals surface area contributed by atoms with Crippen molar-refractivity contribution in [2.75, 3.05) is 17.5 Å². The van der Waals surface area contributed by atoms with Crippen LogP contribution in [0.4, 0.5) is 5.69 Å². The molecule has 1 amide bonds. The third kappa shape index (κ3) is 5.23. The molecule has 5 nitrogen and oxygen atoms in total. The van der Waals surface area contributed by atoms with E-state index in [4.69, 9.17) is 11.6 Å². The Bertz CT molecular complexity index is 930. The highest BCUT2D eigenvalue weighted by atomic mass is 35.5. The molecule has 1 fully saturated rings. The van der Waals surface area contributed by atoms with E-state index in [2.05, 4.69) is 4.72 Å². The van der Waals surface area contributed by atoms with Gasteiger partial charge in [0.1, 0.15) is 0 Å². The average molecular weight is 407 g/mol. The van der Waals surface area contributed by atoms with Gasteiger partial charge in [0.2, 0.25) is 15.9 Å². The number of carbonyl (C=O) groups excluding carboxylic acids is 1. The van der Waals surface area contributed by atoms with Crippen molar-refractivity contribution >= 4 is 33.2 Å². The number of hydrogen-bond acceptors (Lipinski definition) is 3. The van der Waals surface area contributed by atoms with Crippen LogP contribution in [0.2, 0.25) is 5.02 Å². The predicted octanol–water partition coefficient (Wildman–Crippen LogP) is 3.49. The second kappa shape index (κ2) is 8.31. The monoisotopic (exact) mass is 406 g/mol. The van der Waals surface area contributed by atoms with Crippen LogP contribution in [0.3, 0.4) is 0 Å². The molecular weight excluding hydrogens is 384 g/mol. The van der Waals surface area contributed by atoms with Gasteiger partial charge in [-0.1, -0.05) is 48.0 Å². The first kappa shape index (κ1) is 19.7. The number of likely N-dealkylation sites (tertiary alicyclic amines) is 1. The molecule has 0 saturated carbocycles. The van der Waals surface area contributed by atoms with E-state index >= 15 is 0 Å². The highest BCUT2D eigenvalue weighted by Crippen LogP contribution is 2.26. The summed E-state index contributed by atoms with van der Waals surface area (Å²) in [4.78, 5) is 14.8. The van der Waals surface area contributed by atoms with Crippen molar-refractivity contribution in [1.82, 2.24) is 4.90 Å². The van der Waals surface area contributed by atoms with Crippen LogP contribution in [0.25, 0.3) is 0 Å². The molecule has 1 N–H and O–H groups in total. The molecule has 7 heteroatoms. The molecule has 0 aromatic heterocycles. The van der Waals surface area contributed by atoms with Crippen molar-refractivity contribution in [3.8, 4) is 0 Å². The number of nitrogens with one attached hydrogen (secondary N) is 1. The predicted molar refractivity (Wildman–Crippen MR) is 109 cm³/mol. The molecule has 0 spiro atoms.